The number of hydrogen-bond acceptors (Lipinski definition) is 8. The number of likely N-dealkylation sites (N-methyl/N-ethyl adjacent to an activating group) is 1. The Balaban J connectivity index is 0.00000342. The maximum Gasteiger partial charge on any atom is 0.259 e. The standard InChI is InChI=1S/C25H32N6O2S.H2S/c1-26-12-11-21(22-6-5-15-34-22)33-19-9-7-18(8-10-19)17-31-14-13-30(4)23-20(24(31)32)16-27-25(28-23)29(2)3;/h5-10,15-16,21,26H,11-14,17H2,1-4H3;1H2/t21-;/m0./s1. The summed E-state index contributed by atoms with van der Waals surface area (Å²) in [5.41, 5.74) is 1.59. The van der Waals surface area contributed by atoms with E-state index in [4.69, 9.17) is 4.74 Å². The highest BCUT2D eigenvalue weighted by molar-refractivity contribution is 7.59. The lowest BCUT2D eigenvalue weighted by Crippen LogP contribution is -2.33. The number of benzene rings is 1. The van der Waals surface area contributed by atoms with Gasteiger partial charge in [0, 0.05) is 58.3 Å². The zero-order chi connectivity index (χ0) is 24.1. The van der Waals surface area contributed by atoms with Gasteiger partial charge >= 0.3 is 0 Å². The molecule has 0 spiro atoms. The third kappa shape index (κ3) is 6.45. The Morgan fingerprint density at radius 3 is 2.63 bits per heavy atom. The number of carbonyl (C=O) groups excluding carboxylic acids is 1. The van der Waals surface area contributed by atoms with Crippen LogP contribution < -0.4 is 19.9 Å². The summed E-state index contributed by atoms with van der Waals surface area (Å²) in [4.78, 5) is 29.2. The Morgan fingerprint density at radius 1 is 1.20 bits per heavy atom. The number of anilines is 2. The summed E-state index contributed by atoms with van der Waals surface area (Å²) in [6.45, 7) is 2.73. The van der Waals surface area contributed by atoms with Gasteiger partial charge < -0.3 is 24.8 Å². The predicted molar refractivity (Wildman–Crippen MR) is 147 cm³/mol. The minimum absolute atomic E-state index is 0. The van der Waals surface area contributed by atoms with Crippen molar-refractivity contribution in [3.8, 4) is 5.75 Å². The van der Waals surface area contributed by atoms with Crippen molar-refractivity contribution in [2.24, 2.45) is 0 Å². The predicted octanol–water partition coefficient (Wildman–Crippen LogP) is 3.54. The smallest absolute Gasteiger partial charge is 0.259 e. The Labute approximate surface area is 218 Å². The van der Waals surface area contributed by atoms with Gasteiger partial charge in [-0.15, -0.1) is 11.3 Å². The van der Waals surface area contributed by atoms with Crippen molar-refractivity contribution in [1.82, 2.24) is 20.2 Å². The summed E-state index contributed by atoms with van der Waals surface area (Å²) in [5.74, 6) is 2.05. The number of fused-ring (bicyclic) bond motifs is 1. The van der Waals surface area contributed by atoms with Gasteiger partial charge in [-0.1, -0.05) is 18.2 Å². The molecule has 0 fully saturated rings. The highest BCUT2D eigenvalue weighted by Gasteiger charge is 2.27. The molecule has 1 aromatic carbocycles. The molecule has 1 N–H and O–H groups in total. The fourth-order valence-corrected chi connectivity index (χ4v) is 4.68. The van der Waals surface area contributed by atoms with Gasteiger partial charge in [0.15, 0.2) is 0 Å². The number of thiophene rings is 1. The monoisotopic (exact) mass is 514 g/mol. The molecule has 1 amide bonds. The van der Waals surface area contributed by atoms with Gasteiger partial charge in [-0.3, -0.25) is 4.79 Å². The largest absolute Gasteiger partial charge is 0.485 e. The van der Waals surface area contributed by atoms with E-state index >= 15 is 0 Å². The summed E-state index contributed by atoms with van der Waals surface area (Å²) in [6, 6.07) is 12.2. The molecule has 1 aliphatic heterocycles. The molecule has 0 saturated heterocycles. The zero-order valence-corrected chi connectivity index (χ0v) is 22.5. The molecule has 3 heterocycles. The van der Waals surface area contributed by atoms with Gasteiger partial charge in [-0.25, -0.2) is 4.98 Å². The molecule has 1 atom stereocenters. The van der Waals surface area contributed by atoms with E-state index < -0.39 is 0 Å². The van der Waals surface area contributed by atoms with Crippen LogP contribution in [0.5, 0.6) is 5.75 Å². The van der Waals surface area contributed by atoms with E-state index in [1.54, 1.807) is 17.5 Å². The fraction of sp³-hybridized carbons (Fsp3) is 0.400. The van der Waals surface area contributed by atoms with Crippen LogP contribution in [0.1, 0.15) is 33.3 Å². The molecule has 4 rings (SSSR count). The third-order valence-electron chi connectivity index (χ3n) is 5.83. The van der Waals surface area contributed by atoms with E-state index in [-0.39, 0.29) is 25.5 Å². The average Bonchev–Trinajstić information content (AvgIpc) is 3.35. The molecule has 1 aliphatic rings. The van der Waals surface area contributed by atoms with Crippen LogP contribution in [0.15, 0.2) is 48.0 Å². The van der Waals surface area contributed by atoms with Crippen molar-refractivity contribution >= 4 is 42.5 Å². The number of hydrogen-bond donors (Lipinski definition) is 1. The van der Waals surface area contributed by atoms with Crippen LogP contribution in [0, 0.1) is 0 Å². The molecule has 8 nitrogen and oxygen atoms in total. The third-order valence-corrected chi connectivity index (χ3v) is 6.80. The molecule has 3 aromatic rings. The quantitative estimate of drug-likeness (QED) is 0.468. The van der Waals surface area contributed by atoms with E-state index in [1.807, 2.05) is 67.2 Å². The van der Waals surface area contributed by atoms with Crippen LogP contribution in [-0.4, -0.2) is 68.6 Å². The molecule has 35 heavy (non-hydrogen) atoms. The van der Waals surface area contributed by atoms with Crippen molar-refractivity contribution in [2.45, 2.75) is 19.1 Å². The zero-order valence-electron chi connectivity index (χ0n) is 20.7. The molecule has 0 radical (unpaired) electrons. The number of nitrogens with one attached hydrogen (secondary N) is 1. The van der Waals surface area contributed by atoms with E-state index in [0.29, 0.717) is 37.0 Å². The first-order valence-corrected chi connectivity index (χ1v) is 12.3. The summed E-state index contributed by atoms with van der Waals surface area (Å²) < 4.78 is 6.30. The molecule has 0 aliphatic carbocycles. The van der Waals surface area contributed by atoms with Gasteiger partial charge in [0.2, 0.25) is 5.95 Å². The van der Waals surface area contributed by atoms with E-state index in [9.17, 15) is 4.79 Å². The van der Waals surface area contributed by atoms with E-state index in [2.05, 4.69) is 32.8 Å². The summed E-state index contributed by atoms with van der Waals surface area (Å²) >= 11 is 1.71. The van der Waals surface area contributed by atoms with Crippen molar-refractivity contribution in [2.75, 3.05) is 57.6 Å². The second-order valence-electron chi connectivity index (χ2n) is 8.61. The Bertz CT molecular complexity index is 1090. The average molecular weight is 515 g/mol. The second kappa shape index (κ2) is 12.2. The van der Waals surface area contributed by atoms with Crippen molar-refractivity contribution in [1.29, 1.82) is 0 Å². The summed E-state index contributed by atoms with van der Waals surface area (Å²) in [5, 5.41) is 5.28. The lowest BCUT2D eigenvalue weighted by atomic mass is 10.1. The number of ether oxygens (including phenoxy) is 1. The van der Waals surface area contributed by atoms with Crippen molar-refractivity contribution in [3.05, 3.63) is 64.0 Å². The van der Waals surface area contributed by atoms with Crippen molar-refractivity contribution in [3.63, 3.8) is 0 Å². The second-order valence-corrected chi connectivity index (χ2v) is 9.59. The first-order valence-electron chi connectivity index (χ1n) is 11.4. The number of amides is 1. The molecule has 0 bridgehead atoms. The molecule has 188 valence electrons. The molecular weight excluding hydrogens is 480 g/mol. The van der Waals surface area contributed by atoms with Gasteiger partial charge in [-0.2, -0.15) is 18.5 Å². The highest BCUT2D eigenvalue weighted by Crippen LogP contribution is 2.29. The Kier molecular flexibility index (Phi) is 9.36. The van der Waals surface area contributed by atoms with Gasteiger partial charge in [0.25, 0.3) is 5.91 Å². The molecule has 0 unspecified atom stereocenters. The van der Waals surface area contributed by atoms with E-state index in [1.165, 1.54) is 4.88 Å². The molecular formula is C25H34N6O2S2. The SMILES string of the molecule is CNCC[C@H](Oc1ccc(CN2CCN(C)c3nc(N(C)C)ncc3C2=O)cc1)c1cccs1.S. The van der Waals surface area contributed by atoms with Crippen LogP contribution in [-0.2, 0) is 6.54 Å². The highest BCUT2D eigenvalue weighted by atomic mass is 32.1. The Hall–Kier alpha value is -2.82. The summed E-state index contributed by atoms with van der Waals surface area (Å²) in [6.07, 6.45) is 2.55. The lowest BCUT2D eigenvalue weighted by Gasteiger charge is -2.22. The van der Waals surface area contributed by atoms with Crippen LogP contribution in [0.3, 0.4) is 0 Å². The minimum atomic E-state index is -0.0465. The number of rotatable bonds is 9. The van der Waals surface area contributed by atoms with E-state index in [0.717, 1.165) is 24.3 Å². The topological polar surface area (TPSA) is 73.8 Å². The lowest BCUT2D eigenvalue weighted by molar-refractivity contribution is 0.0754. The number of nitrogens with zero attached hydrogens (tertiary/aromatic N) is 5. The Morgan fingerprint density at radius 2 is 1.97 bits per heavy atom. The molecule has 2 aromatic heterocycles. The van der Waals surface area contributed by atoms with Crippen LogP contribution in [0.2, 0.25) is 0 Å². The minimum Gasteiger partial charge on any atom is -0.485 e. The molecule has 10 heteroatoms. The van der Waals surface area contributed by atoms with Gasteiger partial charge in [-0.05, 0) is 42.7 Å². The summed E-state index contributed by atoms with van der Waals surface area (Å²) in [7, 11) is 7.70. The maximum atomic E-state index is 13.3. The fourth-order valence-electron chi connectivity index (χ4n) is 3.89. The van der Waals surface area contributed by atoms with Crippen LogP contribution in [0.4, 0.5) is 11.8 Å². The van der Waals surface area contributed by atoms with Crippen LogP contribution in [0.25, 0.3) is 0 Å². The van der Waals surface area contributed by atoms with Gasteiger partial charge in [0.05, 0.1) is 0 Å². The normalized spacial score (nSPS) is 14.1. The first kappa shape index (κ1) is 26.8. The van der Waals surface area contributed by atoms with Crippen molar-refractivity contribution < 1.29 is 9.53 Å². The maximum absolute atomic E-state index is 13.3. The number of carbonyl (C=O) groups is 1. The van der Waals surface area contributed by atoms with Gasteiger partial charge in [0.1, 0.15) is 23.2 Å². The number of aromatic nitrogens is 2. The van der Waals surface area contributed by atoms with Crippen LogP contribution >= 0.6 is 24.8 Å². The first-order chi connectivity index (χ1) is 16.5. The molecule has 0 saturated carbocycles.